The fourth-order valence-electron chi connectivity index (χ4n) is 2.62. The minimum Gasteiger partial charge on any atom is -0.506 e. The maximum Gasteiger partial charge on any atom is 0.251 e. The number of aromatic hydroxyl groups is 1. The van der Waals surface area contributed by atoms with Gasteiger partial charge in [0.25, 0.3) is 5.91 Å². The van der Waals surface area contributed by atoms with Crippen LogP contribution in [0.3, 0.4) is 0 Å². The first-order chi connectivity index (χ1) is 10.1. The van der Waals surface area contributed by atoms with E-state index in [9.17, 15) is 15.0 Å². The van der Waals surface area contributed by atoms with E-state index < -0.39 is 12.1 Å². The largest absolute Gasteiger partial charge is 0.506 e. The third-order valence-corrected chi connectivity index (χ3v) is 4.00. The summed E-state index contributed by atoms with van der Waals surface area (Å²) < 4.78 is 0. The van der Waals surface area contributed by atoms with E-state index in [4.69, 9.17) is 11.6 Å². The Bertz CT molecular complexity index is 702. The molecule has 0 bridgehead atoms. The molecule has 0 aromatic heterocycles. The molecule has 0 aliphatic heterocycles. The molecule has 0 heterocycles. The molecule has 2 unspecified atom stereocenters. The molecular weight excluding hydrogens is 290 g/mol. The quantitative estimate of drug-likeness (QED) is 0.798. The van der Waals surface area contributed by atoms with Crippen molar-refractivity contribution >= 4 is 17.5 Å². The van der Waals surface area contributed by atoms with Crippen molar-refractivity contribution in [2.45, 2.75) is 18.6 Å². The van der Waals surface area contributed by atoms with Crippen LogP contribution in [0.1, 0.15) is 27.5 Å². The lowest BCUT2D eigenvalue weighted by Crippen LogP contribution is -2.33. The van der Waals surface area contributed by atoms with E-state index in [0.29, 0.717) is 12.0 Å². The molecule has 1 amide bonds. The Kier molecular flexibility index (Phi) is 3.57. The molecule has 0 saturated carbocycles. The van der Waals surface area contributed by atoms with Gasteiger partial charge in [0, 0.05) is 12.0 Å². The lowest BCUT2D eigenvalue weighted by atomic mass is 10.1. The first kappa shape index (κ1) is 13.9. The van der Waals surface area contributed by atoms with Gasteiger partial charge in [-0.25, -0.2) is 0 Å². The SMILES string of the molecule is O=C(NC1c2ccccc2CC1O)c1ccc(O)c(Cl)c1. The fourth-order valence-corrected chi connectivity index (χ4v) is 2.80. The minimum atomic E-state index is -0.640. The Morgan fingerprint density at radius 1 is 1.24 bits per heavy atom. The molecule has 2 aromatic rings. The number of aliphatic hydroxyl groups excluding tert-OH is 1. The summed E-state index contributed by atoms with van der Waals surface area (Å²) in [5, 5.41) is 22.4. The number of fused-ring (bicyclic) bond motifs is 1. The second-order valence-corrected chi connectivity index (χ2v) is 5.49. The first-order valence-corrected chi connectivity index (χ1v) is 6.99. The molecule has 21 heavy (non-hydrogen) atoms. The van der Waals surface area contributed by atoms with Crippen molar-refractivity contribution < 1.29 is 15.0 Å². The van der Waals surface area contributed by atoms with Gasteiger partial charge in [0.05, 0.1) is 17.2 Å². The monoisotopic (exact) mass is 303 g/mol. The Morgan fingerprint density at radius 2 is 2.00 bits per heavy atom. The van der Waals surface area contributed by atoms with Crippen LogP contribution in [0.4, 0.5) is 0 Å². The van der Waals surface area contributed by atoms with Gasteiger partial charge in [0.1, 0.15) is 5.75 Å². The number of benzene rings is 2. The smallest absolute Gasteiger partial charge is 0.251 e. The molecule has 3 rings (SSSR count). The number of amides is 1. The first-order valence-electron chi connectivity index (χ1n) is 6.61. The van der Waals surface area contributed by atoms with Crippen LogP contribution in [0.5, 0.6) is 5.75 Å². The Balaban J connectivity index is 1.83. The van der Waals surface area contributed by atoms with Gasteiger partial charge in [-0.15, -0.1) is 0 Å². The van der Waals surface area contributed by atoms with Crippen LogP contribution in [-0.4, -0.2) is 22.2 Å². The zero-order valence-corrected chi connectivity index (χ0v) is 11.8. The fraction of sp³-hybridized carbons (Fsp3) is 0.188. The summed E-state index contributed by atoms with van der Waals surface area (Å²) in [6.07, 6.45) is -0.115. The van der Waals surface area contributed by atoms with Crippen molar-refractivity contribution in [1.82, 2.24) is 5.32 Å². The molecule has 2 aromatic carbocycles. The highest BCUT2D eigenvalue weighted by Crippen LogP contribution is 2.31. The third-order valence-electron chi connectivity index (χ3n) is 3.70. The number of rotatable bonds is 2. The number of hydrogen-bond donors (Lipinski definition) is 3. The molecule has 1 aliphatic rings. The molecular formula is C16H14ClNO3. The van der Waals surface area contributed by atoms with Gasteiger partial charge in [-0.1, -0.05) is 35.9 Å². The van der Waals surface area contributed by atoms with Gasteiger partial charge in [0.15, 0.2) is 0 Å². The molecule has 0 fully saturated rings. The lowest BCUT2D eigenvalue weighted by Gasteiger charge is -2.18. The van der Waals surface area contributed by atoms with Crippen LogP contribution in [0.25, 0.3) is 0 Å². The number of aliphatic hydroxyl groups is 1. The van der Waals surface area contributed by atoms with Gasteiger partial charge >= 0.3 is 0 Å². The van der Waals surface area contributed by atoms with E-state index in [-0.39, 0.29) is 16.7 Å². The summed E-state index contributed by atoms with van der Waals surface area (Å²) in [5.41, 5.74) is 2.32. The van der Waals surface area contributed by atoms with Crippen molar-refractivity contribution in [1.29, 1.82) is 0 Å². The minimum absolute atomic E-state index is 0.0699. The van der Waals surface area contributed by atoms with Crippen LogP contribution < -0.4 is 5.32 Å². The summed E-state index contributed by atoms with van der Waals surface area (Å²) in [6, 6.07) is 11.5. The van der Waals surface area contributed by atoms with Gasteiger partial charge < -0.3 is 15.5 Å². The standard InChI is InChI=1S/C16H14ClNO3/c17-12-7-10(5-6-13(12)19)16(21)18-15-11-4-2-1-3-9(11)8-14(15)20/h1-7,14-15,19-20H,8H2,(H,18,21). The van der Waals surface area contributed by atoms with E-state index in [1.807, 2.05) is 24.3 Å². The predicted octanol–water partition coefficient (Wildman–Crippen LogP) is 2.43. The normalized spacial score (nSPS) is 20.1. The second kappa shape index (κ2) is 5.39. The molecule has 0 radical (unpaired) electrons. The molecule has 5 heteroatoms. The lowest BCUT2D eigenvalue weighted by molar-refractivity contribution is 0.0858. The average Bonchev–Trinajstić information content (AvgIpc) is 2.78. The van der Waals surface area contributed by atoms with Gasteiger partial charge in [-0.05, 0) is 29.3 Å². The number of phenolic OH excluding ortho intramolecular Hbond substituents is 1. The van der Waals surface area contributed by atoms with Gasteiger partial charge in [0.2, 0.25) is 0 Å². The molecule has 0 spiro atoms. The van der Waals surface area contributed by atoms with Crippen molar-refractivity contribution in [3.05, 3.63) is 64.2 Å². The Hall–Kier alpha value is -2.04. The van der Waals surface area contributed by atoms with Crippen LogP contribution in [0.2, 0.25) is 5.02 Å². The molecule has 108 valence electrons. The Morgan fingerprint density at radius 3 is 2.76 bits per heavy atom. The van der Waals surface area contributed by atoms with Crippen molar-refractivity contribution in [2.75, 3.05) is 0 Å². The zero-order chi connectivity index (χ0) is 15.0. The highest BCUT2D eigenvalue weighted by molar-refractivity contribution is 6.32. The predicted molar refractivity (Wildman–Crippen MR) is 79.5 cm³/mol. The topological polar surface area (TPSA) is 69.6 Å². The molecule has 1 aliphatic carbocycles. The molecule has 0 saturated heterocycles. The summed E-state index contributed by atoms with van der Waals surface area (Å²) in [7, 11) is 0. The van der Waals surface area contributed by atoms with E-state index in [1.165, 1.54) is 18.2 Å². The van der Waals surface area contributed by atoms with Crippen molar-refractivity contribution in [2.24, 2.45) is 0 Å². The number of carbonyl (C=O) groups is 1. The number of phenols is 1. The summed E-state index contributed by atoms with van der Waals surface area (Å²) in [4.78, 5) is 12.3. The van der Waals surface area contributed by atoms with E-state index in [0.717, 1.165) is 11.1 Å². The van der Waals surface area contributed by atoms with E-state index >= 15 is 0 Å². The highest BCUT2D eigenvalue weighted by atomic mass is 35.5. The zero-order valence-electron chi connectivity index (χ0n) is 11.1. The van der Waals surface area contributed by atoms with Crippen LogP contribution in [0, 0.1) is 0 Å². The summed E-state index contributed by atoms with van der Waals surface area (Å²) >= 11 is 5.80. The molecule has 2 atom stereocenters. The van der Waals surface area contributed by atoms with Crippen molar-refractivity contribution in [3.8, 4) is 5.75 Å². The van der Waals surface area contributed by atoms with Crippen LogP contribution in [-0.2, 0) is 6.42 Å². The highest BCUT2D eigenvalue weighted by Gasteiger charge is 2.32. The van der Waals surface area contributed by atoms with Crippen LogP contribution in [0.15, 0.2) is 42.5 Å². The third kappa shape index (κ3) is 2.60. The Labute approximate surface area is 127 Å². The second-order valence-electron chi connectivity index (χ2n) is 5.09. The molecule has 4 nitrogen and oxygen atoms in total. The van der Waals surface area contributed by atoms with Gasteiger partial charge in [-0.2, -0.15) is 0 Å². The summed E-state index contributed by atoms with van der Waals surface area (Å²) in [5.74, 6) is -0.405. The van der Waals surface area contributed by atoms with E-state index in [1.54, 1.807) is 0 Å². The summed E-state index contributed by atoms with van der Waals surface area (Å²) in [6.45, 7) is 0. The van der Waals surface area contributed by atoms with Gasteiger partial charge in [-0.3, -0.25) is 4.79 Å². The van der Waals surface area contributed by atoms with E-state index in [2.05, 4.69) is 5.32 Å². The number of nitrogens with one attached hydrogen (secondary N) is 1. The van der Waals surface area contributed by atoms with Crippen LogP contribution >= 0.6 is 11.6 Å². The average molecular weight is 304 g/mol. The van der Waals surface area contributed by atoms with Crippen molar-refractivity contribution in [3.63, 3.8) is 0 Å². The molecule has 3 N–H and O–H groups in total. The number of halogens is 1. The number of carbonyl (C=O) groups excluding carboxylic acids is 1. The maximum absolute atomic E-state index is 12.3. The maximum atomic E-state index is 12.3. The number of hydrogen-bond acceptors (Lipinski definition) is 3.